The molecular weight excluding hydrogens is 371 g/mol. The Morgan fingerprint density at radius 3 is 2.52 bits per heavy atom. The van der Waals surface area contributed by atoms with Gasteiger partial charge in [0.25, 0.3) is 5.91 Å². The molecule has 0 radical (unpaired) electrons. The van der Waals surface area contributed by atoms with E-state index < -0.39 is 5.82 Å². The van der Waals surface area contributed by atoms with Crippen molar-refractivity contribution in [2.24, 2.45) is 0 Å². The third-order valence-electron chi connectivity index (χ3n) is 4.47. The van der Waals surface area contributed by atoms with Crippen LogP contribution in [-0.4, -0.2) is 56.7 Å². The molecule has 1 aliphatic heterocycles. The third-order valence-corrected chi connectivity index (χ3v) is 4.76. The number of rotatable bonds is 3. The summed E-state index contributed by atoms with van der Waals surface area (Å²) in [5.41, 5.74) is 1.15. The monoisotopic (exact) mass is 386 g/mol. The van der Waals surface area contributed by atoms with Gasteiger partial charge in [-0.25, -0.2) is 9.37 Å². The molecule has 3 aromatic rings. The first-order chi connectivity index (χ1) is 13.1. The predicted octanol–water partition coefficient (Wildman–Crippen LogP) is 2.42. The van der Waals surface area contributed by atoms with Crippen LogP contribution in [0.4, 0.5) is 10.1 Å². The minimum absolute atomic E-state index is 0.0965. The molecule has 9 heteroatoms. The van der Waals surface area contributed by atoms with Crippen molar-refractivity contribution in [1.29, 1.82) is 0 Å². The molecule has 138 valence electrons. The summed E-state index contributed by atoms with van der Waals surface area (Å²) >= 11 is 5.85. The van der Waals surface area contributed by atoms with Gasteiger partial charge in [-0.05, 0) is 30.3 Å². The molecule has 1 aliphatic rings. The highest BCUT2D eigenvalue weighted by atomic mass is 35.5. The molecular formula is C18H16ClFN6O. The van der Waals surface area contributed by atoms with Crippen molar-refractivity contribution >= 4 is 23.2 Å². The van der Waals surface area contributed by atoms with Gasteiger partial charge in [0.15, 0.2) is 11.5 Å². The van der Waals surface area contributed by atoms with Crippen LogP contribution in [0.25, 0.3) is 5.82 Å². The van der Waals surface area contributed by atoms with E-state index in [9.17, 15) is 9.18 Å². The van der Waals surface area contributed by atoms with E-state index >= 15 is 0 Å². The normalized spacial score (nSPS) is 14.4. The molecule has 0 saturated carbocycles. The molecule has 0 bridgehead atoms. The molecule has 0 spiro atoms. The molecule has 1 amide bonds. The van der Waals surface area contributed by atoms with Crippen LogP contribution in [-0.2, 0) is 0 Å². The summed E-state index contributed by atoms with van der Waals surface area (Å²) in [6.07, 6.45) is 5.02. The number of imidazole rings is 1. The van der Waals surface area contributed by atoms with E-state index in [2.05, 4.69) is 20.1 Å². The minimum atomic E-state index is -0.438. The highest BCUT2D eigenvalue weighted by Gasteiger charge is 2.24. The topological polar surface area (TPSA) is 67.2 Å². The van der Waals surface area contributed by atoms with Gasteiger partial charge in [-0.3, -0.25) is 9.36 Å². The first kappa shape index (κ1) is 17.4. The van der Waals surface area contributed by atoms with Crippen LogP contribution in [0.15, 0.2) is 49.1 Å². The Balaban J connectivity index is 1.40. The fraction of sp³-hybridized carbons (Fsp3) is 0.222. The number of carbonyl (C=O) groups excluding carboxylic acids is 1. The molecule has 1 saturated heterocycles. The largest absolute Gasteiger partial charge is 0.368 e. The zero-order valence-corrected chi connectivity index (χ0v) is 15.1. The number of piperazine rings is 1. The quantitative estimate of drug-likeness (QED) is 0.691. The molecule has 0 atom stereocenters. The third kappa shape index (κ3) is 3.61. The summed E-state index contributed by atoms with van der Waals surface area (Å²) in [5, 5.41) is 8.22. The number of benzene rings is 1. The highest BCUT2D eigenvalue weighted by molar-refractivity contribution is 6.31. The van der Waals surface area contributed by atoms with Crippen molar-refractivity contribution in [3.8, 4) is 5.82 Å². The van der Waals surface area contributed by atoms with Gasteiger partial charge in [0.1, 0.15) is 12.1 Å². The standard InChI is InChI=1S/C18H16ClFN6O/c19-14-11-13(1-2-15(14)20)24-7-9-25(10-8-24)18(27)16-3-4-17(23-22-16)26-6-5-21-12-26/h1-6,11-12H,7-10H2. The molecule has 27 heavy (non-hydrogen) atoms. The van der Waals surface area contributed by atoms with Gasteiger partial charge in [-0.15, -0.1) is 10.2 Å². The number of amides is 1. The number of aromatic nitrogens is 4. The maximum absolute atomic E-state index is 13.3. The summed E-state index contributed by atoms with van der Waals surface area (Å²) in [6, 6.07) is 8.05. The van der Waals surface area contributed by atoms with Crippen molar-refractivity contribution in [3.63, 3.8) is 0 Å². The number of carbonyl (C=O) groups is 1. The lowest BCUT2D eigenvalue weighted by Crippen LogP contribution is -2.49. The number of hydrogen-bond donors (Lipinski definition) is 0. The molecule has 4 rings (SSSR count). The van der Waals surface area contributed by atoms with E-state index in [1.165, 1.54) is 6.07 Å². The molecule has 0 N–H and O–H groups in total. The average Bonchev–Trinajstić information content (AvgIpc) is 3.25. The van der Waals surface area contributed by atoms with E-state index in [0.29, 0.717) is 37.7 Å². The van der Waals surface area contributed by atoms with Gasteiger partial charge >= 0.3 is 0 Å². The summed E-state index contributed by atoms with van der Waals surface area (Å²) in [6.45, 7) is 2.35. The van der Waals surface area contributed by atoms with Crippen LogP contribution < -0.4 is 4.90 Å². The maximum Gasteiger partial charge on any atom is 0.274 e. The first-order valence-corrected chi connectivity index (χ1v) is 8.81. The van der Waals surface area contributed by atoms with Crippen molar-refractivity contribution in [2.45, 2.75) is 0 Å². The molecule has 7 nitrogen and oxygen atoms in total. The van der Waals surface area contributed by atoms with E-state index in [-0.39, 0.29) is 10.9 Å². The summed E-state index contributed by atoms with van der Waals surface area (Å²) < 4.78 is 15.0. The number of anilines is 1. The fourth-order valence-corrected chi connectivity index (χ4v) is 3.16. The maximum atomic E-state index is 13.3. The average molecular weight is 387 g/mol. The predicted molar refractivity (Wildman–Crippen MR) is 98.7 cm³/mol. The number of halogens is 2. The van der Waals surface area contributed by atoms with Gasteiger partial charge in [0.2, 0.25) is 0 Å². The number of hydrogen-bond acceptors (Lipinski definition) is 5. The van der Waals surface area contributed by atoms with Gasteiger partial charge in [-0.2, -0.15) is 0 Å². The molecule has 1 fully saturated rings. The molecule has 3 heterocycles. The van der Waals surface area contributed by atoms with Crippen LogP contribution in [0.5, 0.6) is 0 Å². The summed E-state index contributed by atoms with van der Waals surface area (Å²) in [7, 11) is 0. The van der Waals surface area contributed by atoms with Crippen LogP contribution in [0.1, 0.15) is 10.5 Å². The highest BCUT2D eigenvalue weighted by Crippen LogP contribution is 2.23. The van der Waals surface area contributed by atoms with E-state index in [4.69, 9.17) is 11.6 Å². The Labute approximate surface area is 160 Å². The Bertz CT molecular complexity index is 939. The Morgan fingerprint density at radius 2 is 1.89 bits per heavy atom. The van der Waals surface area contributed by atoms with Gasteiger partial charge < -0.3 is 9.80 Å². The van der Waals surface area contributed by atoms with Crippen LogP contribution in [0, 0.1) is 5.82 Å². The molecule has 2 aromatic heterocycles. The van der Waals surface area contributed by atoms with Crippen molar-refractivity contribution in [2.75, 3.05) is 31.1 Å². The Morgan fingerprint density at radius 1 is 1.07 bits per heavy atom. The fourth-order valence-electron chi connectivity index (χ4n) is 2.98. The Hall–Kier alpha value is -3.00. The van der Waals surface area contributed by atoms with E-state index in [1.54, 1.807) is 52.5 Å². The zero-order chi connectivity index (χ0) is 18.8. The molecule has 1 aromatic carbocycles. The van der Waals surface area contributed by atoms with Crippen molar-refractivity contribution < 1.29 is 9.18 Å². The number of nitrogens with zero attached hydrogens (tertiary/aromatic N) is 6. The molecule has 0 aliphatic carbocycles. The van der Waals surface area contributed by atoms with Gasteiger partial charge in [0.05, 0.1) is 5.02 Å². The van der Waals surface area contributed by atoms with Gasteiger partial charge in [0, 0.05) is 44.3 Å². The van der Waals surface area contributed by atoms with Gasteiger partial charge in [-0.1, -0.05) is 11.6 Å². The summed E-state index contributed by atoms with van der Waals surface area (Å²) in [5.74, 6) is 0.00507. The lowest BCUT2D eigenvalue weighted by Gasteiger charge is -2.36. The lowest BCUT2D eigenvalue weighted by molar-refractivity contribution is 0.0739. The smallest absolute Gasteiger partial charge is 0.274 e. The van der Waals surface area contributed by atoms with E-state index in [1.807, 2.05) is 0 Å². The second-order valence-corrected chi connectivity index (χ2v) is 6.53. The molecule has 0 unspecified atom stereocenters. The van der Waals surface area contributed by atoms with Crippen molar-refractivity contribution in [3.05, 3.63) is 65.6 Å². The van der Waals surface area contributed by atoms with Crippen LogP contribution in [0.3, 0.4) is 0 Å². The zero-order valence-electron chi connectivity index (χ0n) is 14.3. The van der Waals surface area contributed by atoms with E-state index in [0.717, 1.165) is 5.69 Å². The van der Waals surface area contributed by atoms with Crippen LogP contribution >= 0.6 is 11.6 Å². The lowest BCUT2D eigenvalue weighted by atomic mass is 10.2. The SMILES string of the molecule is O=C(c1ccc(-n2ccnc2)nn1)N1CCN(c2ccc(F)c(Cl)c2)CC1. The second kappa shape index (κ2) is 7.32. The minimum Gasteiger partial charge on any atom is -0.368 e. The Kier molecular flexibility index (Phi) is 4.72. The van der Waals surface area contributed by atoms with Crippen LogP contribution in [0.2, 0.25) is 5.02 Å². The second-order valence-electron chi connectivity index (χ2n) is 6.12. The first-order valence-electron chi connectivity index (χ1n) is 8.43. The van der Waals surface area contributed by atoms with Crippen molar-refractivity contribution in [1.82, 2.24) is 24.6 Å². The summed E-state index contributed by atoms with van der Waals surface area (Å²) in [4.78, 5) is 20.4.